The number of benzene rings is 1. The molecule has 1 amide bonds. The number of aryl methyl sites for hydroxylation is 1. The summed E-state index contributed by atoms with van der Waals surface area (Å²) in [6, 6.07) is 6.67. The molecule has 0 aliphatic rings. The maximum atomic E-state index is 12.6. The summed E-state index contributed by atoms with van der Waals surface area (Å²) in [5.41, 5.74) is 0.891. The molecule has 0 unspecified atom stereocenters. The number of hydrogen-bond acceptors (Lipinski definition) is 4. The molecule has 0 bridgehead atoms. The Morgan fingerprint density at radius 2 is 1.76 bits per heavy atom. The van der Waals surface area contributed by atoms with Crippen LogP contribution in [-0.2, 0) is 0 Å². The third kappa shape index (κ3) is 5.31. The van der Waals surface area contributed by atoms with Gasteiger partial charge in [-0.2, -0.15) is 0 Å². The lowest BCUT2D eigenvalue weighted by Gasteiger charge is -2.23. The topological polar surface area (TPSA) is 58.1 Å². The van der Waals surface area contributed by atoms with E-state index in [1.165, 1.54) is 0 Å². The van der Waals surface area contributed by atoms with E-state index >= 15 is 0 Å². The van der Waals surface area contributed by atoms with Crippen molar-refractivity contribution in [2.45, 2.75) is 33.6 Å². The molecule has 2 rings (SSSR count). The number of hydrogen-bond donors (Lipinski definition) is 1. The van der Waals surface area contributed by atoms with Gasteiger partial charge in [-0.05, 0) is 38.0 Å². The molecule has 1 heterocycles. The zero-order chi connectivity index (χ0) is 18.4. The van der Waals surface area contributed by atoms with E-state index in [2.05, 4.69) is 34.0 Å². The molecule has 0 fully saturated rings. The van der Waals surface area contributed by atoms with Gasteiger partial charge < -0.3 is 10.2 Å². The number of carbonyl (C=O) groups excluding carboxylic acids is 1. The SMILES string of the molecule is CCCN(CCC)c1cc(C(=O)Nc2ccc(Cl)c(Cl)c2)nc(C)n1. The molecular formula is C18H22Cl2N4O. The number of anilines is 2. The summed E-state index contributed by atoms with van der Waals surface area (Å²) in [7, 11) is 0. The Kier molecular flexibility index (Phi) is 7.02. The Morgan fingerprint density at radius 1 is 1.08 bits per heavy atom. The van der Waals surface area contributed by atoms with Crippen molar-refractivity contribution in [2.75, 3.05) is 23.3 Å². The van der Waals surface area contributed by atoms with Crippen molar-refractivity contribution >= 4 is 40.6 Å². The first kappa shape index (κ1) is 19.5. The van der Waals surface area contributed by atoms with Gasteiger partial charge in [-0.1, -0.05) is 37.0 Å². The fourth-order valence-electron chi connectivity index (χ4n) is 2.48. The van der Waals surface area contributed by atoms with Gasteiger partial charge in [0.2, 0.25) is 0 Å². The number of amides is 1. The van der Waals surface area contributed by atoms with Gasteiger partial charge in [-0.15, -0.1) is 0 Å². The van der Waals surface area contributed by atoms with Crippen LogP contribution in [0.3, 0.4) is 0 Å². The van der Waals surface area contributed by atoms with E-state index in [0.717, 1.165) is 31.7 Å². The molecule has 25 heavy (non-hydrogen) atoms. The molecule has 5 nitrogen and oxygen atoms in total. The van der Waals surface area contributed by atoms with Gasteiger partial charge in [-0.3, -0.25) is 4.79 Å². The van der Waals surface area contributed by atoms with Crippen molar-refractivity contribution in [2.24, 2.45) is 0 Å². The molecular weight excluding hydrogens is 359 g/mol. The maximum Gasteiger partial charge on any atom is 0.274 e. The highest BCUT2D eigenvalue weighted by Crippen LogP contribution is 2.25. The van der Waals surface area contributed by atoms with Crippen LogP contribution in [0.15, 0.2) is 24.3 Å². The van der Waals surface area contributed by atoms with Gasteiger partial charge >= 0.3 is 0 Å². The molecule has 0 radical (unpaired) electrons. The van der Waals surface area contributed by atoms with Gasteiger partial charge in [0.25, 0.3) is 5.91 Å². The first-order chi connectivity index (χ1) is 11.9. The largest absolute Gasteiger partial charge is 0.357 e. The molecule has 0 aliphatic carbocycles. The quantitative estimate of drug-likeness (QED) is 0.736. The molecule has 2 aromatic rings. The van der Waals surface area contributed by atoms with Crippen LogP contribution in [0, 0.1) is 6.92 Å². The van der Waals surface area contributed by atoms with Crippen molar-refractivity contribution in [3.8, 4) is 0 Å². The lowest BCUT2D eigenvalue weighted by atomic mass is 10.2. The molecule has 134 valence electrons. The second-order valence-corrected chi connectivity index (χ2v) is 6.54. The summed E-state index contributed by atoms with van der Waals surface area (Å²) in [4.78, 5) is 23.5. The summed E-state index contributed by atoms with van der Waals surface area (Å²) in [5.74, 6) is 1.03. The molecule has 0 saturated heterocycles. The minimum atomic E-state index is -0.307. The Morgan fingerprint density at radius 3 is 2.36 bits per heavy atom. The monoisotopic (exact) mass is 380 g/mol. The number of carbonyl (C=O) groups is 1. The zero-order valence-electron chi connectivity index (χ0n) is 14.6. The molecule has 0 aliphatic heterocycles. The summed E-state index contributed by atoms with van der Waals surface area (Å²) < 4.78 is 0. The highest BCUT2D eigenvalue weighted by atomic mass is 35.5. The standard InChI is InChI=1S/C18H22Cl2N4O/c1-4-8-24(9-5-2)17-11-16(21-12(3)22-17)18(25)23-13-6-7-14(19)15(20)10-13/h6-7,10-11H,4-5,8-9H2,1-3H3,(H,23,25). The first-order valence-electron chi connectivity index (χ1n) is 8.31. The van der Waals surface area contributed by atoms with E-state index in [9.17, 15) is 4.79 Å². The van der Waals surface area contributed by atoms with Crippen molar-refractivity contribution in [1.29, 1.82) is 0 Å². The van der Waals surface area contributed by atoms with Crippen LogP contribution in [0.4, 0.5) is 11.5 Å². The summed E-state index contributed by atoms with van der Waals surface area (Å²) in [5, 5.41) is 3.62. The third-order valence-corrected chi connectivity index (χ3v) is 4.28. The van der Waals surface area contributed by atoms with E-state index in [1.807, 2.05) is 0 Å². The number of rotatable bonds is 7. The van der Waals surface area contributed by atoms with Gasteiger partial charge in [0.05, 0.1) is 10.0 Å². The summed E-state index contributed by atoms with van der Waals surface area (Å²) in [6.07, 6.45) is 2.02. The third-order valence-electron chi connectivity index (χ3n) is 3.55. The average molecular weight is 381 g/mol. The number of aromatic nitrogens is 2. The second kappa shape index (κ2) is 9.02. The molecule has 0 spiro atoms. The summed E-state index contributed by atoms with van der Waals surface area (Å²) in [6.45, 7) is 7.80. The Balaban J connectivity index is 2.25. The van der Waals surface area contributed by atoms with Crippen molar-refractivity contribution in [1.82, 2.24) is 9.97 Å². The maximum absolute atomic E-state index is 12.6. The van der Waals surface area contributed by atoms with Crippen molar-refractivity contribution < 1.29 is 4.79 Å². The van der Waals surface area contributed by atoms with Gasteiger partial charge in [0.15, 0.2) is 0 Å². The van der Waals surface area contributed by atoms with E-state index in [1.54, 1.807) is 31.2 Å². The van der Waals surface area contributed by atoms with E-state index < -0.39 is 0 Å². The number of nitrogens with one attached hydrogen (secondary N) is 1. The Hall–Kier alpha value is -1.85. The van der Waals surface area contributed by atoms with Crippen LogP contribution in [-0.4, -0.2) is 29.0 Å². The smallest absolute Gasteiger partial charge is 0.274 e. The highest BCUT2D eigenvalue weighted by molar-refractivity contribution is 6.42. The Bertz CT molecular complexity index is 746. The van der Waals surface area contributed by atoms with Crippen LogP contribution < -0.4 is 10.2 Å². The molecule has 1 aromatic heterocycles. The number of nitrogens with zero attached hydrogens (tertiary/aromatic N) is 3. The van der Waals surface area contributed by atoms with Crippen LogP contribution in [0.25, 0.3) is 0 Å². The van der Waals surface area contributed by atoms with Crippen molar-refractivity contribution in [3.05, 3.63) is 45.8 Å². The minimum absolute atomic E-state index is 0.307. The molecule has 0 saturated carbocycles. The molecule has 7 heteroatoms. The van der Waals surface area contributed by atoms with E-state index in [-0.39, 0.29) is 5.91 Å². The minimum Gasteiger partial charge on any atom is -0.357 e. The van der Waals surface area contributed by atoms with Gasteiger partial charge in [-0.25, -0.2) is 9.97 Å². The lowest BCUT2D eigenvalue weighted by molar-refractivity contribution is 0.102. The predicted octanol–water partition coefficient (Wildman–Crippen LogP) is 4.97. The molecule has 1 aromatic carbocycles. The first-order valence-corrected chi connectivity index (χ1v) is 9.07. The molecule has 0 atom stereocenters. The Labute approximate surface area is 158 Å². The van der Waals surface area contributed by atoms with E-state index in [0.29, 0.717) is 27.3 Å². The van der Waals surface area contributed by atoms with Crippen LogP contribution in [0.1, 0.15) is 43.0 Å². The summed E-state index contributed by atoms with van der Waals surface area (Å²) >= 11 is 11.9. The zero-order valence-corrected chi connectivity index (χ0v) is 16.2. The normalized spacial score (nSPS) is 10.6. The average Bonchev–Trinajstić information content (AvgIpc) is 2.57. The second-order valence-electron chi connectivity index (χ2n) is 5.73. The van der Waals surface area contributed by atoms with Crippen molar-refractivity contribution in [3.63, 3.8) is 0 Å². The van der Waals surface area contributed by atoms with Crippen LogP contribution >= 0.6 is 23.2 Å². The van der Waals surface area contributed by atoms with Crippen LogP contribution in [0.5, 0.6) is 0 Å². The fourth-order valence-corrected chi connectivity index (χ4v) is 2.78. The van der Waals surface area contributed by atoms with Gasteiger partial charge in [0, 0.05) is 24.8 Å². The number of halogens is 2. The highest BCUT2D eigenvalue weighted by Gasteiger charge is 2.14. The lowest BCUT2D eigenvalue weighted by Crippen LogP contribution is -2.27. The van der Waals surface area contributed by atoms with Gasteiger partial charge in [0.1, 0.15) is 17.3 Å². The van der Waals surface area contributed by atoms with E-state index in [4.69, 9.17) is 23.2 Å². The fraction of sp³-hybridized carbons (Fsp3) is 0.389. The predicted molar refractivity (Wildman–Crippen MR) is 104 cm³/mol. The van der Waals surface area contributed by atoms with Crippen LogP contribution in [0.2, 0.25) is 10.0 Å². The molecule has 1 N–H and O–H groups in total.